The minimum atomic E-state index is 0.524. The molecular weight excluding hydrogens is 174 g/mol. The minimum Gasteiger partial charge on any atom is -0.317 e. The summed E-state index contributed by atoms with van der Waals surface area (Å²) >= 11 is 0. The Morgan fingerprint density at radius 2 is 2.07 bits per heavy atom. The molecule has 1 aromatic heterocycles. The molecule has 1 aromatic rings. The molecule has 1 N–H and O–H groups in total. The van der Waals surface area contributed by atoms with Crippen molar-refractivity contribution in [2.45, 2.75) is 39.2 Å². The molecule has 1 rings (SSSR count). The minimum absolute atomic E-state index is 0.524. The molecule has 0 bridgehead atoms. The van der Waals surface area contributed by atoms with Crippen molar-refractivity contribution < 1.29 is 0 Å². The molecular formula is C11H19N3. The van der Waals surface area contributed by atoms with Crippen LogP contribution in [0.15, 0.2) is 12.4 Å². The molecule has 0 aliphatic carbocycles. The molecule has 0 saturated heterocycles. The zero-order valence-corrected chi connectivity index (χ0v) is 9.25. The van der Waals surface area contributed by atoms with Gasteiger partial charge in [0.1, 0.15) is 0 Å². The highest BCUT2D eigenvalue weighted by molar-refractivity contribution is 5.09. The van der Waals surface area contributed by atoms with Gasteiger partial charge in [-0.05, 0) is 20.4 Å². The molecule has 0 aliphatic rings. The average molecular weight is 193 g/mol. The molecule has 0 radical (unpaired) electrons. The van der Waals surface area contributed by atoms with Crippen LogP contribution in [0.25, 0.3) is 0 Å². The second-order valence-electron chi connectivity index (χ2n) is 3.57. The second-order valence-corrected chi connectivity index (χ2v) is 3.57. The summed E-state index contributed by atoms with van der Waals surface area (Å²) in [5.74, 6) is 0. The highest BCUT2D eigenvalue weighted by Crippen LogP contribution is 2.07. The molecule has 0 fully saturated rings. The number of likely N-dealkylation sites (N-methyl/N-ethyl adjacent to an activating group) is 1. The van der Waals surface area contributed by atoms with Crippen molar-refractivity contribution in [2.24, 2.45) is 0 Å². The van der Waals surface area contributed by atoms with Crippen molar-refractivity contribution in [2.75, 3.05) is 7.05 Å². The first kappa shape index (κ1) is 11.1. The van der Waals surface area contributed by atoms with Crippen molar-refractivity contribution in [3.05, 3.63) is 23.8 Å². The lowest BCUT2D eigenvalue weighted by atomic mass is 10.1. The third kappa shape index (κ3) is 3.07. The molecule has 3 heteroatoms. The largest absolute Gasteiger partial charge is 0.317 e. The summed E-state index contributed by atoms with van der Waals surface area (Å²) in [6.45, 7) is 4.22. The lowest BCUT2D eigenvalue weighted by molar-refractivity contribution is 0.507. The van der Waals surface area contributed by atoms with E-state index in [1.807, 2.05) is 14.0 Å². The molecule has 14 heavy (non-hydrogen) atoms. The highest BCUT2D eigenvalue weighted by atomic mass is 14.9. The second kappa shape index (κ2) is 5.70. The number of aromatic nitrogens is 2. The van der Waals surface area contributed by atoms with E-state index in [4.69, 9.17) is 0 Å². The Bertz CT molecular complexity index is 273. The van der Waals surface area contributed by atoms with Gasteiger partial charge >= 0.3 is 0 Å². The van der Waals surface area contributed by atoms with Gasteiger partial charge in [-0.3, -0.25) is 9.97 Å². The van der Waals surface area contributed by atoms with E-state index in [0.717, 1.165) is 17.8 Å². The maximum absolute atomic E-state index is 4.35. The van der Waals surface area contributed by atoms with Gasteiger partial charge in [-0.1, -0.05) is 13.3 Å². The molecule has 0 amide bonds. The van der Waals surface area contributed by atoms with Gasteiger partial charge in [0.25, 0.3) is 0 Å². The summed E-state index contributed by atoms with van der Waals surface area (Å²) in [6, 6.07) is 0.524. The number of aryl methyl sites for hydroxylation is 1. The molecule has 78 valence electrons. The van der Waals surface area contributed by atoms with Crippen LogP contribution in [0.2, 0.25) is 0 Å². The van der Waals surface area contributed by atoms with Gasteiger partial charge in [0.15, 0.2) is 0 Å². The van der Waals surface area contributed by atoms with Gasteiger partial charge in [-0.15, -0.1) is 0 Å². The van der Waals surface area contributed by atoms with E-state index in [2.05, 4.69) is 22.2 Å². The molecule has 1 heterocycles. The summed E-state index contributed by atoms with van der Waals surface area (Å²) < 4.78 is 0. The Morgan fingerprint density at radius 1 is 1.36 bits per heavy atom. The Balaban J connectivity index is 2.62. The van der Waals surface area contributed by atoms with E-state index in [9.17, 15) is 0 Å². The molecule has 0 aliphatic heterocycles. The van der Waals surface area contributed by atoms with Crippen LogP contribution in [0.4, 0.5) is 0 Å². The van der Waals surface area contributed by atoms with Crippen LogP contribution in [0.1, 0.15) is 31.2 Å². The zero-order chi connectivity index (χ0) is 10.4. The van der Waals surface area contributed by atoms with Crippen molar-refractivity contribution >= 4 is 0 Å². The molecule has 0 saturated carbocycles. The molecule has 3 nitrogen and oxygen atoms in total. The third-order valence-electron chi connectivity index (χ3n) is 2.47. The number of nitrogens with zero attached hydrogens (tertiary/aromatic N) is 2. The van der Waals surface area contributed by atoms with E-state index < -0.39 is 0 Å². The Labute approximate surface area is 86.0 Å². The zero-order valence-electron chi connectivity index (χ0n) is 9.25. The first-order valence-corrected chi connectivity index (χ1v) is 5.21. The normalized spacial score (nSPS) is 12.8. The third-order valence-corrected chi connectivity index (χ3v) is 2.47. The number of nitrogens with one attached hydrogen (secondary N) is 1. The molecule has 1 unspecified atom stereocenters. The van der Waals surface area contributed by atoms with Gasteiger partial charge in [0.2, 0.25) is 0 Å². The van der Waals surface area contributed by atoms with E-state index in [1.165, 1.54) is 12.8 Å². The number of rotatable bonds is 5. The first-order chi connectivity index (χ1) is 6.77. The molecule has 1 atom stereocenters. The van der Waals surface area contributed by atoms with Gasteiger partial charge in [-0.2, -0.15) is 0 Å². The molecule has 0 aromatic carbocycles. The van der Waals surface area contributed by atoms with Crippen molar-refractivity contribution in [3.63, 3.8) is 0 Å². The van der Waals surface area contributed by atoms with Gasteiger partial charge in [0, 0.05) is 24.9 Å². The van der Waals surface area contributed by atoms with Crippen molar-refractivity contribution in [3.8, 4) is 0 Å². The smallest absolute Gasteiger partial charge is 0.0631 e. The predicted octanol–water partition coefficient (Wildman–Crippen LogP) is 1.72. The highest BCUT2D eigenvalue weighted by Gasteiger charge is 2.08. The van der Waals surface area contributed by atoms with Crippen LogP contribution < -0.4 is 5.32 Å². The lowest BCUT2D eigenvalue weighted by Gasteiger charge is -2.15. The Morgan fingerprint density at radius 3 is 2.64 bits per heavy atom. The fourth-order valence-electron chi connectivity index (χ4n) is 1.57. The van der Waals surface area contributed by atoms with Gasteiger partial charge < -0.3 is 5.32 Å². The van der Waals surface area contributed by atoms with E-state index >= 15 is 0 Å². The Hall–Kier alpha value is -0.960. The van der Waals surface area contributed by atoms with Crippen LogP contribution in [0.3, 0.4) is 0 Å². The summed E-state index contributed by atoms with van der Waals surface area (Å²) in [5.41, 5.74) is 2.16. The maximum atomic E-state index is 4.35. The van der Waals surface area contributed by atoms with Crippen LogP contribution in [0, 0.1) is 6.92 Å². The standard InChI is InChI=1S/C11H19N3/c1-4-5-10(12-3)8-11-9(2)13-6-7-14-11/h6-7,10,12H,4-5,8H2,1-3H3. The summed E-state index contributed by atoms with van der Waals surface area (Å²) in [7, 11) is 2.01. The summed E-state index contributed by atoms with van der Waals surface area (Å²) in [4.78, 5) is 8.58. The van der Waals surface area contributed by atoms with E-state index in [1.54, 1.807) is 12.4 Å². The quantitative estimate of drug-likeness (QED) is 0.773. The van der Waals surface area contributed by atoms with Gasteiger partial charge in [-0.25, -0.2) is 0 Å². The maximum Gasteiger partial charge on any atom is 0.0631 e. The fraction of sp³-hybridized carbons (Fsp3) is 0.636. The first-order valence-electron chi connectivity index (χ1n) is 5.21. The van der Waals surface area contributed by atoms with E-state index in [0.29, 0.717) is 6.04 Å². The topological polar surface area (TPSA) is 37.8 Å². The average Bonchev–Trinajstić information content (AvgIpc) is 2.20. The summed E-state index contributed by atoms with van der Waals surface area (Å²) in [5, 5.41) is 3.31. The number of hydrogen-bond donors (Lipinski definition) is 1. The predicted molar refractivity (Wildman–Crippen MR) is 58.2 cm³/mol. The summed E-state index contributed by atoms with van der Waals surface area (Å²) in [6.07, 6.45) is 6.87. The van der Waals surface area contributed by atoms with Crippen LogP contribution in [-0.4, -0.2) is 23.1 Å². The SMILES string of the molecule is CCCC(Cc1nccnc1C)NC. The van der Waals surface area contributed by atoms with Crippen molar-refractivity contribution in [1.29, 1.82) is 0 Å². The van der Waals surface area contributed by atoms with Crippen molar-refractivity contribution in [1.82, 2.24) is 15.3 Å². The van der Waals surface area contributed by atoms with Crippen LogP contribution in [-0.2, 0) is 6.42 Å². The van der Waals surface area contributed by atoms with E-state index in [-0.39, 0.29) is 0 Å². The molecule has 0 spiro atoms. The Kier molecular flexibility index (Phi) is 4.53. The van der Waals surface area contributed by atoms with Gasteiger partial charge in [0.05, 0.1) is 11.4 Å². The van der Waals surface area contributed by atoms with Crippen LogP contribution in [0.5, 0.6) is 0 Å². The van der Waals surface area contributed by atoms with Crippen LogP contribution >= 0.6 is 0 Å². The number of hydrogen-bond acceptors (Lipinski definition) is 3. The monoisotopic (exact) mass is 193 g/mol. The fourth-order valence-corrected chi connectivity index (χ4v) is 1.57. The lowest BCUT2D eigenvalue weighted by Crippen LogP contribution is -2.28.